The van der Waals surface area contributed by atoms with Crippen LogP contribution in [0.1, 0.15) is 36.8 Å². The molecule has 2 aliphatic heterocycles. The minimum atomic E-state index is -0.304. The second kappa shape index (κ2) is 3.69. The van der Waals surface area contributed by atoms with Crippen molar-refractivity contribution in [3.05, 3.63) is 35.4 Å². The number of nitrogens with zero attached hydrogens (tertiary/aromatic N) is 1. The molecule has 1 aromatic rings. The van der Waals surface area contributed by atoms with Gasteiger partial charge in [-0.1, -0.05) is 37.1 Å². The van der Waals surface area contributed by atoms with Gasteiger partial charge in [-0.05, 0) is 30.4 Å². The lowest BCUT2D eigenvalue weighted by Crippen LogP contribution is -2.52. The van der Waals surface area contributed by atoms with Gasteiger partial charge in [-0.2, -0.15) is 0 Å². The first-order valence-corrected chi connectivity index (χ1v) is 7.19. The summed E-state index contributed by atoms with van der Waals surface area (Å²) < 4.78 is 0. The summed E-state index contributed by atoms with van der Waals surface area (Å²) in [7, 11) is 0. The molecule has 3 nitrogen and oxygen atoms in total. The molecule has 1 aromatic carbocycles. The van der Waals surface area contributed by atoms with Crippen LogP contribution in [0.15, 0.2) is 24.3 Å². The molecule has 1 saturated carbocycles. The summed E-state index contributed by atoms with van der Waals surface area (Å²) in [5.74, 6) is -0.479. The zero-order valence-corrected chi connectivity index (χ0v) is 10.9. The summed E-state index contributed by atoms with van der Waals surface area (Å²) in [6, 6.07) is 8.38. The van der Waals surface area contributed by atoms with Crippen LogP contribution in [-0.4, -0.2) is 23.1 Å². The van der Waals surface area contributed by atoms with Gasteiger partial charge >= 0.3 is 0 Å². The Balaban J connectivity index is 1.97. The molecule has 2 heterocycles. The monoisotopic (exact) mass is 255 g/mol. The van der Waals surface area contributed by atoms with E-state index in [1.54, 1.807) is 0 Å². The molecule has 2 fully saturated rings. The Hall–Kier alpha value is -1.64. The van der Waals surface area contributed by atoms with Crippen LogP contribution in [0.25, 0.3) is 0 Å². The van der Waals surface area contributed by atoms with Crippen LogP contribution in [0.5, 0.6) is 0 Å². The normalized spacial score (nSPS) is 32.8. The van der Waals surface area contributed by atoms with Crippen molar-refractivity contribution in [3.63, 3.8) is 0 Å². The summed E-state index contributed by atoms with van der Waals surface area (Å²) >= 11 is 0. The Bertz CT molecular complexity index is 574. The molecule has 0 aromatic heterocycles. The van der Waals surface area contributed by atoms with E-state index in [4.69, 9.17) is 0 Å². The van der Waals surface area contributed by atoms with E-state index in [9.17, 15) is 9.59 Å². The number of hydrogen-bond donors (Lipinski definition) is 0. The van der Waals surface area contributed by atoms with Gasteiger partial charge in [0.2, 0.25) is 5.78 Å². The average molecular weight is 255 g/mol. The van der Waals surface area contributed by atoms with Crippen LogP contribution in [0.2, 0.25) is 0 Å². The molecule has 19 heavy (non-hydrogen) atoms. The summed E-state index contributed by atoms with van der Waals surface area (Å²) in [5.41, 5.74) is 2.26. The highest BCUT2D eigenvalue weighted by Gasteiger charge is 2.61. The Morgan fingerprint density at radius 2 is 2.00 bits per heavy atom. The van der Waals surface area contributed by atoms with Crippen molar-refractivity contribution in [3.8, 4) is 0 Å². The van der Waals surface area contributed by atoms with Crippen LogP contribution in [0, 0.1) is 5.92 Å². The second-order valence-electron chi connectivity index (χ2n) is 5.95. The number of benzene rings is 1. The van der Waals surface area contributed by atoms with Crippen molar-refractivity contribution in [2.45, 2.75) is 37.6 Å². The van der Waals surface area contributed by atoms with E-state index in [2.05, 4.69) is 18.2 Å². The zero-order chi connectivity index (χ0) is 13.0. The van der Waals surface area contributed by atoms with E-state index >= 15 is 0 Å². The van der Waals surface area contributed by atoms with E-state index in [-0.39, 0.29) is 23.1 Å². The first-order chi connectivity index (χ1) is 9.25. The number of ketones is 1. The van der Waals surface area contributed by atoms with Gasteiger partial charge in [-0.3, -0.25) is 9.59 Å². The standard InChI is InChI=1S/C16H17NO2/c18-14-13-7-3-4-9-16(13)12-6-2-1-5-11(12)8-10-17(16)15(14)19/h1-2,5-6,13H,3-4,7-10H2/t13-,16+/m0/s1. The summed E-state index contributed by atoms with van der Waals surface area (Å²) in [6.07, 6.45) is 4.88. The predicted octanol–water partition coefficient (Wildman–Crippen LogP) is 2.04. The van der Waals surface area contributed by atoms with Gasteiger partial charge in [0.05, 0.1) is 11.5 Å². The summed E-state index contributed by atoms with van der Waals surface area (Å²) in [4.78, 5) is 26.5. The second-order valence-corrected chi connectivity index (χ2v) is 5.95. The fourth-order valence-corrected chi connectivity index (χ4v) is 4.45. The van der Waals surface area contributed by atoms with E-state index < -0.39 is 0 Å². The van der Waals surface area contributed by atoms with Gasteiger partial charge in [-0.15, -0.1) is 0 Å². The fourth-order valence-electron chi connectivity index (χ4n) is 4.45. The molecular formula is C16H17NO2. The average Bonchev–Trinajstić information content (AvgIpc) is 2.69. The van der Waals surface area contributed by atoms with Gasteiger partial charge in [0.15, 0.2) is 0 Å². The third-order valence-electron chi connectivity index (χ3n) is 5.22. The lowest BCUT2D eigenvalue weighted by molar-refractivity contribution is -0.141. The molecule has 1 spiro atoms. The molecule has 0 radical (unpaired) electrons. The Morgan fingerprint density at radius 3 is 2.89 bits per heavy atom. The number of fused-ring (bicyclic) bond motifs is 1. The molecule has 2 atom stereocenters. The molecule has 3 heteroatoms. The number of Topliss-reactive ketones (excluding diaryl/α,β-unsaturated/α-hetero) is 1. The van der Waals surface area contributed by atoms with Gasteiger partial charge < -0.3 is 4.90 Å². The number of rotatable bonds is 0. The first kappa shape index (κ1) is 11.2. The maximum atomic E-state index is 12.3. The summed E-state index contributed by atoms with van der Waals surface area (Å²) in [6.45, 7) is 0.706. The molecule has 0 N–H and O–H groups in total. The van der Waals surface area contributed by atoms with Gasteiger partial charge in [-0.25, -0.2) is 0 Å². The summed E-state index contributed by atoms with van der Waals surface area (Å²) in [5, 5.41) is 0. The van der Waals surface area contributed by atoms with Crippen LogP contribution >= 0.6 is 0 Å². The minimum Gasteiger partial charge on any atom is -0.325 e. The van der Waals surface area contributed by atoms with E-state index in [1.807, 2.05) is 11.0 Å². The molecule has 4 rings (SSSR count). The molecule has 0 bridgehead atoms. The molecular weight excluding hydrogens is 238 g/mol. The number of carbonyl (C=O) groups excluding carboxylic acids is 2. The van der Waals surface area contributed by atoms with Gasteiger partial charge in [0.25, 0.3) is 5.91 Å². The van der Waals surface area contributed by atoms with Crippen LogP contribution in [0.3, 0.4) is 0 Å². The Kier molecular flexibility index (Phi) is 2.17. The maximum Gasteiger partial charge on any atom is 0.291 e. The Morgan fingerprint density at radius 1 is 1.16 bits per heavy atom. The third kappa shape index (κ3) is 1.23. The lowest BCUT2D eigenvalue weighted by Gasteiger charge is -2.48. The number of carbonyl (C=O) groups is 2. The topological polar surface area (TPSA) is 37.4 Å². The first-order valence-electron chi connectivity index (χ1n) is 7.19. The lowest BCUT2D eigenvalue weighted by atomic mass is 9.66. The molecule has 0 unspecified atom stereocenters. The fraction of sp³-hybridized carbons (Fsp3) is 0.500. The van der Waals surface area contributed by atoms with Crippen LogP contribution in [-0.2, 0) is 21.5 Å². The number of hydrogen-bond acceptors (Lipinski definition) is 2. The van der Waals surface area contributed by atoms with E-state index in [0.29, 0.717) is 6.54 Å². The smallest absolute Gasteiger partial charge is 0.291 e. The predicted molar refractivity (Wildman–Crippen MR) is 70.5 cm³/mol. The molecule has 3 aliphatic rings. The molecule has 1 amide bonds. The highest BCUT2D eigenvalue weighted by atomic mass is 16.2. The molecule has 1 saturated heterocycles. The quantitative estimate of drug-likeness (QED) is 0.665. The zero-order valence-electron chi connectivity index (χ0n) is 10.9. The minimum absolute atomic E-state index is 0.102. The van der Waals surface area contributed by atoms with Gasteiger partial charge in [0, 0.05) is 6.54 Å². The van der Waals surface area contributed by atoms with E-state index in [0.717, 1.165) is 32.1 Å². The van der Waals surface area contributed by atoms with Crippen molar-refractivity contribution < 1.29 is 9.59 Å². The van der Waals surface area contributed by atoms with Crippen molar-refractivity contribution in [2.75, 3.05) is 6.54 Å². The highest BCUT2D eigenvalue weighted by Crippen LogP contribution is 2.53. The maximum absolute atomic E-state index is 12.3. The van der Waals surface area contributed by atoms with E-state index in [1.165, 1.54) is 11.1 Å². The van der Waals surface area contributed by atoms with Crippen molar-refractivity contribution >= 4 is 11.7 Å². The third-order valence-corrected chi connectivity index (χ3v) is 5.22. The van der Waals surface area contributed by atoms with Crippen LogP contribution < -0.4 is 0 Å². The largest absolute Gasteiger partial charge is 0.325 e. The van der Waals surface area contributed by atoms with Gasteiger partial charge in [0.1, 0.15) is 0 Å². The highest BCUT2D eigenvalue weighted by molar-refractivity contribution is 6.39. The SMILES string of the molecule is O=C1C(=O)N2CCc3ccccc3[C@@]23CCCC[C@@H]13. The van der Waals surface area contributed by atoms with Crippen LogP contribution in [0.4, 0.5) is 0 Å². The van der Waals surface area contributed by atoms with Crippen molar-refractivity contribution in [2.24, 2.45) is 5.92 Å². The molecule has 1 aliphatic carbocycles. The number of amides is 1. The van der Waals surface area contributed by atoms with Crippen molar-refractivity contribution in [1.29, 1.82) is 0 Å². The van der Waals surface area contributed by atoms with Crippen molar-refractivity contribution in [1.82, 2.24) is 4.90 Å². The molecule has 98 valence electrons. The Labute approximate surface area is 112 Å².